The molecule has 32 heavy (non-hydrogen) atoms. The van der Waals surface area contributed by atoms with Crippen LogP contribution in [0.25, 0.3) is 11.4 Å². The molecule has 4 heteroatoms. The summed E-state index contributed by atoms with van der Waals surface area (Å²) in [5, 5.41) is 0. The number of nitrogens with zero attached hydrogens (tertiary/aromatic N) is 2. The predicted octanol–water partition coefficient (Wildman–Crippen LogP) is 8.26. The van der Waals surface area contributed by atoms with Crippen LogP contribution in [-0.2, 0) is 0 Å². The lowest BCUT2D eigenvalue weighted by Gasteiger charge is -2.09. The molecule has 0 aliphatic carbocycles. The van der Waals surface area contributed by atoms with Crippen molar-refractivity contribution in [3.8, 4) is 22.9 Å². The zero-order chi connectivity index (χ0) is 22.9. The first-order valence-corrected chi connectivity index (χ1v) is 12.9. The van der Waals surface area contributed by atoms with E-state index in [0.29, 0.717) is 5.82 Å². The lowest BCUT2D eigenvalue weighted by Crippen LogP contribution is -2.02. The smallest absolute Gasteiger partial charge is 0.159 e. The third-order valence-electron chi connectivity index (χ3n) is 6.06. The molecule has 1 aromatic heterocycles. The topological polar surface area (TPSA) is 44.2 Å². The lowest BCUT2D eigenvalue weighted by molar-refractivity contribution is 0.292. The molecule has 0 fully saturated rings. The van der Waals surface area contributed by atoms with Gasteiger partial charge in [0, 0.05) is 5.56 Å². The first-order chi connectivity index (χ1) is 15.7. The maximum atomic E-state index is 5.89. The van der Waals surface area contributed by atoms with Gasteiger partial charge in [-0.3, -0.25) is 0 Å². The maximum Gasteiger partial charge on any atom is 0.159 e. The molecule has 1 unspecified atom stereocenters. The van der Waals surface area contributed by atoms with E-state index in [1.54, 1.807) is 12.4 Å². The molecule has 0 saturated heterocycles. The molecule has 1 atom stereocenters. The van der Waals surface area contributed by atoms with Crippen LogP contribution in [0.4, 0.5) is 0 Å². The monoisotopic (exact) mass is 440 g/mol. The van der Waals surface area contributed by atoms with Crippen molar-refractivity contribution >= 4 is 0 Å². The molecule has 0 spiro atoms. The van der Waals surface area contributed by atoms with Crippen molar-refractivity contribution in [1.29, 1.82) is 0 Å². The van der Waals surface area contributed by atoms with E-state index in [0.717, 1.165) is 49.0 Å². The van der Waals surface area contributed by atoms with Crippen LogP contribution in [0.2, 0.25) is 0 Å². The average Bonchev–Trinajstić information content (AvgIpc) is 2.83. The summed E-state index contributed by atoms with van der Waals surface area (Å²) in [6.07, 6.45) is 19.0. The molecule has 0 amide bonds. The van der Waals surface area contributed by atoms with E-state index >= 15 is 0 Å². The standard InChI is InChI=1S/C28H44N2O2/c1-4-6-7-8-9-10-11-12-13-20-31-26-18-16-25(17-19-26)28-29-22-27(23-30-28)32-21-14-15-24(3)5-2/h16-19,22-24H,4-15,20-21H2,1-3H3. The summed E-state index contributed by atoms with van der Waals surface area (Å²) < 4.78 is 11.7. The number of hydrogen-bond donors (Lipinski definition) is 0. The van der Waals surface area contributed by atoms with Gasteiger partial charge in [0.25, 0.3) is 0 Å². The van der Waals surface area contributed by atoms with Gasteiger partial charge >= 0.3 is 0 Å². The second-order valence-corrected chi connectivity index (χ2v) is 8.95. The van der Waals surface area contributed by atoms with Gasteiger partial charge in [-0.15, -0.1) is 0 Å². The van der Waals surface area contributed by atoms with Gasteiger partial charge in [0.15, 0.2) is 11.6 Å². The minimum Gasteiger partial charge on any atom is -0.494 e. The SMILES string of the molecule is CCCCCCCCCCCOc1ccc(-c2ncc(OCCCC(C)CC)cn2)cc1. The summed E-state index contributed by atoms with van der Waals surface area (Å²) in [6.45, 7) is 8.29. The van der Waals surface area contributed by atoms with E-state index in [4.69, 9.17) is 9.47 Å². The fraction of sp³-hybridized carbons (Fsp3) is 0.643. The molecule has 0 aliphatic heterocycles. The predicted molar refractivity (Wildman–Crippen MR) is 134 cm³/mol. The molecule has 0 saturated carbocycles. The normalized spacial score (nSPS) is 12.0. The molecule has 0 aliphatic rings. The second-order valence-electron chi connectivity index (χ2n) is 8.95. The van der Waals surface area contributed by atoms with Crippen molar-refractivity contribution < 1.29 is 9.47 Å². The molecular formula is C28H44N2O2. The second kappa shape index (κ2) is 16.5. The Morgan fingerprint density at radius 2 is 1.25 bits per heavy atom. The summed E-state index contributed by atoms with van der Waals surface area (Å²) in [7, 11) is 0. The first-order valence-electron chi connectivity index (χ1n) is 12.9. The Labute approximate surface area is 196 Å². The summed E-state index contributed by atoms with van der Waals surface area (Å²) in [6, 6.07) is 8.05. The maximum absolute atomic E-state index is 5.89. The van der Waals surface area contributed by atoms with Crippen molar-refractivity contribution in [2.75, 3.05) is 13.2 Å². The number of hydrogen-bond acceptors (Lipinski definition) is 4. The summed E-state index contributed by atoms with van der Waals surface area (Å²) in [5.74, 6) is 3.12. The van der Waals surface area contributed by atoms with Crippen LogP contribution in [0, 0.1) is 5.92 Å². The van der Waals surface area contributed by atoms with Crippen LogP contribution in [0.1, 0.15) is 97.8 Å². The third-order valence-corrected chi connectivity index (χ3v) is 6.06. The van der Waals surface area contributed by atoms with Gasteiger partial charge in [0.05, 0.1) is 25.6 Å². The highest BCUT2D eigenvalue weighted by molar-refractivity contribution is 5.56. The lowest BCUT2D eigenvalue weighted by atomic mass is 10.0. The average molecular weight is 441 g/mol. The van der Waals surface area contributed by atoms with Gasteiger partial charge in [0.2, 0.25) is 0 Å². The number of unbranched alkanes of at least 4 members (excludes halogenated alkanes) is 8. The van der Waals surface area contributed by atoms with Gasteiger partial charge in [-0.1, -0.05) is 78.6 Å². The Balaban J connectivity index is 1.61. The zero-order valence-electron chi connectivity index (χ0n) is 20.7. The van der Waals surface area contributed by atoms with E-state index in [2.05, 4.69) is 30.7 Å². The minimum atomic E-state index is 0.711. The first kappa shape index (κ1) is 26.2. The molecule has 0 radical (unpaired) electrons. The van der Waals surface area contributed by atoms with Crippen molar-refractivity contribution in [2.45, 2.75) is 97.8 Å². The minimum absolute atomic E-state index is 0.711. The van der Waals surface area contributed by atoms with E-state index in [-0.39, 0.29) is 0 Å². The highest BCUT2D eigenvalue weighted by Crippen LogP contribution is 2.21. The van der Waals surface area contributed by atoms with Crippen molar-refractivity contribution in [3.63, 3.8) is 0 Å². The number of benzene rings is 1. The Morgan fingerprint density at radius 3 is 1.88 bits per heavy atom. The summed E-state index contributed by atoms with van der Waals surface area (Å²) in [4.78, 5) is 8.92. The number of rotatable bonds is 18. The van der Waals surface area contributed by atoms with Crippen molar-refractivity contribution in [2.24, 2.45) is 5.92 Å². The Kier molecular flexibility index (Phi) is 13.5. The van der Waals surface area contributed by atoms with Gasteiger partial charge in [0.1, 0.15) is 5.75 Å². The Hall–Kier alpha value is -2.10. The Bertz CT molecular complexity index is 700. The van der Waals surface area contributed by atoms with Gasteiger partial charge < -0.3 is 9.47 Å². The van der Waals surface area contributed by atoms with Crippen LogP contribution in [-0.4, -0.2) is 23.2 Å². The highest BCUT2D eigenvalue weighted by atomic mass is 16.5. The van der Waals surface area contributed by atoms with Crippen LogP contribution in [0.15, 0.2) is 36.7 Å². The number of aromatic nitrogens is 2. The zero-order valence-corrected chi connectivity index (χ0v) is 20.7. The third kappa shape index (κ3) is 11.0. The van der Waals surface area contributed by atoms with Crippen LogP contribution >= 0.6 is 0 Å². The van der Waals surface area contributed by atoms with Crippen LogP contribution in [0.3, 0.4) is 0 Å². The molecule has 2 aromatic rings. The molecule has 4 nitrogen and oxygen atoms in total. The van der Waals surface area contributed by atoms with E-state index in [9.17, 15) is 0 Å². The van der Waals surface area contributed by atoms with E-state index in [1.165, 1.54) is 64.2 Å². The van der Waals surface area contributed by atoms with Crippen LogP contribution in [0.5, 0.6) is 11.5 Å². The largest absolute Gasteiger partial charge is 0.494 e. The summed E-state index contributed by atoms with van der Waals surface area (Å²) >= 11 is 0. The van der Waals surface area contributed by atoms with Gasteiger partial charge in [-0.05, 0) is 49.4 Å². The fourth-order valence-electron chi connectivity index (χ4n) is 3.67. The van der Waals surface area contributed by atoms with E-state index in [1.807, 2.05) is 24.3 Å². The molecular weight excluding hydrogens is 396 g/mol. The Morgan fingerprint density at radius 1 is 0.688 bits per heavy atom. The van der Waals surface area contributed by atoms with Crippen molar-refractivity contribution in [3.05, 3.63) is 36.7 Å². The molecule has 1 heterocycles. The van der Waals surface area contributed by atoms with Gasteiger partial charge in [-0.2, -0.15) is 0 Å². The van der Waals surface area contributed by atoms with Crippen molar-refractivity contribution in [1.82, 2.24) is 9.97 Å². The van der Waals surface area contributed by atoms with Crippen LogP contribution < -0.4 is 9.47 Å². The number of ether oxygens (including phenoxy) is 2. The quantitative estimate of drug-likeness (QED) is 0.219. The van der Waals surface area contributed by atoms with E-state index < -0.39 is 0 Å². The molecule has 1 aromatic carbocycles. The highest BCUT2D eigenvalue weighted by Gasteiger charge is 2.04. The fourth-order valence-corrected chi connectivity index (χ4v) is 3.67. The summed E-state index contributed by atoms with van der Waals surface area (Å²) in [5.41, 5.74) is 0.990. The molecule has 178 valence electrons. The van der Waals surface area contributed by atoms with Gasteiger partial charge in [-0.25, -0.2) is 9.97 Å². The molecule has 0 bridgehead atoms. The molecule has 0 N–H and O–H groups in total. The molecule has 2 rings (SSSR count).